The maximum atomic E-state index is 12.0. The number of hydrogen-bond donors (Lipinski definition) is 2. The van der Waals surface area contributed by atoms with Crippen molar-refractivity contribution in [2.24, 2.45) is 0 Å². The van der Waals surface area contributed by atoms with Crippen LogP contribution in [0.3, 0.4) is 0 Å². The number of carbonyl (C=O) groups excluding carboxylic acids is 1. The average molecular weight is 317 g/mol. The first-order valence-electron chi connectivity index (χ1n) is 5.23. The fourth-order valence-corrected chi connectivity index (χ4v) is 2.07. The molecule has 0 aliphatic carbocycles. The van der Waals surface area contributed by atoms with Crippen LogP contribution in [0, 0.1) is 0 Å². The third kappa shape index (κ3) is 3.13. The zero-order valence-corrected chi connectivity index (χ0v) is 11.7. The summed E-state index contributed by atoms with van der Waals surface area (Å²) in [6.45, 7) is 0. The van der Waals surface area contributed by atoms with Crippen LogP contribution in [0.5, 0.6) is 5.75 Å². The number of rotatable bonds is 2. The van der Waals surface area contributed by atoms with Gasteiger partial charge in [-0.05, 0) is 24.3 Å². The van der Waals surface area contributed by atoms with Crippen LogP contribution in [0.1, 0.15) is 10.4 Å². The third-order valence-electron chi connectivity index (χ3n) is 2.41. The molecule has 98 valence electrons. The maximum Gasteiger partial charge on any atom is 0.259 e. The van der Waals surface area contributed by atoms with Crippen molar-refractivity contribution in [1.29, 1.82) is 0 Å². The Morgan fingerprint density at radius 1 is 1.00 bits per heavy atom. The summed E-state index contributed by atoms with van der Waals surface area (Å²) in [5, 5.41) is 13.0. The van der Waals surface area contributed by atoms with Gasteiger partial charge in [0.1, 0.15) is 5.75 Å². The minimum atomic E-state index is -0.488. The van der Waals surface area contributed by atoms with Gasteiger partial charge < -0.3 is 10.4 Å². The second kappa shape index (κ2) is 5.70. The summed E-state index contributed by atoms with van der Waals surface area (Å²) < 4.78 is 0. The van der Waals surface area contributed by atoms with E-state index in [-0.39, 0.29) is 21.4 Å². The van der Waals surface area contributed by atoms with Crippen molar-refractivity contribution in [1.82, 2.24) is 0 Å². The van der Waals surface area contributed by atoms with E-state index in [1.807, 2.05) is 0 Å². The van der Waals surface area contributed by atoms with Crippen LogP contribution in [-0.4, -0.2) is 11.0 Å². The molecule has 0 bridgehead atoms. The number of anilines is 1. The minimum absolute atomic E-state index is 0.115. The van der Waals surface area contributed by atoms with Gasteiger partial charge in [-0.2, -0.15) is 0 Å². The van der Waals surface area contributed by atoms with Gasteiger partial charge in [0.25, 0.3) is 5.91 Å². The molecule has 0 unspecified atom stereocenters. The van der Waals surface area contributed by atoms with Crippen LogP contribution in [0.4, 0.5) is 5.69 Å². The lowest BCUT2D eigenvalue weighted by Crippen LogP contribution is -2.12. The van der Waals surface area contributed by atoms with Gasteiger partial charge in [0.15, 0.2) is 0 Å². The van der Waals surface area contributed by atoms with Crippen LogP contribution < -0.4 is 5.32 Å². The first-order chi connectivity index (χ1) is 8.99. The lowest BCUT2D eigenvalue weighted by atomic mass is 10.2. The summed E-state index contributed by atoms with van der Waals surface area (Å²) in [7, 11) is 0. The van der Waals surface area contributed by atoms with Gasteiger partial charge in [-0.1, -0.05) is 46.9 Å². The summed E-state index contributed by atoms with van der Waals surface area (Å²) in [5.74, 6) is -0.602. The Bertz CT molecular complexity index is 644. The molecule has 0 aliphatic rings. The molecule has 6 heteroatoms. The van der Waals surface area contributed by atoms with Crippen molar-refractivity contribution < 1.29 is 9.90 Å². The first kappa shape index (κ1) is 14.0. The van der Waals surface area contributed by atoms with Crippen molar-refractivity contribution in [3.05, 3.63) is 57.0 Å². The minimum Gasteiger partial charge on any atom is -0.507 e. The Hall–Kier alpha value is -1.42. The number of nitrogens with one attached hydrogen (secondary N) is 1. The second-order valence-corrected chi connectivity index (χ2v) is 4.94. The van der Waals surface area contributed by atoms with E-state index < -0.39 is 5.91 Å². The predicted molar refractivity (Wildman–Crippen MR) is 77.5 cm³/mol. The normalized spacial score (nSPS) is 10.3. The van der Waals surface area contributed by atoms with Crippen LogP contribution in [0.25, 0.3) is 0 Å². The van der Waals surface area contributed by atoms with Crippen molar-refractivity contribution >= 4 is 46.4 Å². The summed E-state index contributed by atoms with van der Waals surface area (Å²) in [4.78, 5) is 12.0. The van der Waals surface area contributed by atoms with Gasteiger partial charge in [-0.15, -0.1) is 0 Å². The number of para-hydroxylation sites is 1. The smallest absolute Gasteiger partial charge is 0.259 e. The van der Waals surface area contributed by atoms with Gasteiger partial charge in [0, 0.05) is 0 Å². The molecule has 0 heterocycles. The van der Waals surface area contributed by atoms with Gasteiger partial charge in [-0.3, -0.25) is 4.79 Å². The number of hydrogen-bond acceptors (Lipinski definition) is 2. The molecule has 0 aromatic heterocycles. The van der Waals surface area contributed by atoms with Gasteiger partial charge >= 0.3 is 0 Å². The van der Waals surface area contributed by atoms with Crippen LogP contribution in [-0.2, 0) is 0 Å². The zero-order valence-electron chi connectivity index (χ0n) is 9.45. The summed E-state index contributed by atoms with van der Waals surface area (Å²) in [6.07, 6.45) is 0. The third-order valence-corrected chi connectivity index (χ3v) is 3.44. The molecule has 0 spiro atoms. The standard InChI is InChI=1S/C13H8Cl3NO2/c14-8-5-10(16)11(6-9(8)15)17-13(19)7-3-1-2-4-12(7)18/h1-6,18H,(H,17,19). The average Bonchev–Trinajstić information content (AvgIpc) is 2.36. The van der Waals surface area contributed by atoms with E-state index in [1.54, 1.807) is 12.1 Å². The van der Waals surface area contributed by atoms with Crippen molar-refractivity contribution in [3.63, 3.8) is 0 Å². The molecule has 2 aromatic carbocycles. The Morgan fingerprint density at radius 2 is 1.63 bits per heavy atom. The lowest BCUT2D eigenvalue weighted by molar-refractivity contribution is 0.102. The van der Waals surface area contributed by atoms with E-state index >= 15 is 0 Å². The largest absolute Gasteiger partial charge is 0.507 e. The topological polar surface area (TPSA) is 49.3 Å². The molecule has 3 nitrogen and oxygen atoms in total. The van der Waals surface area contributed by atoms with E-state index in [4.69, 9.17) is 34.8 Å². The van der Waals surface area contributed by atoms with Gasteiger partial charge in [0.2, 0.25) is 0 Å². The van der Waals surface area contributed by atoms with Crippen LogP contribution in [0.2, 0.25) is 15.1 Å². The number of halogens is 3. The highest BCUT2D eigenvalue weighted by atomic mass is 35.5. The van der Waals surface area contributed by atoms with E-state index in [0.717, 1.165) is 0 Å². The van der Waals surface area contributed by atoms with Crippen LogP contribution >= 0.6 is 34.8 Å². The number of benzene rings is 2. The molecule has 0 aliphatic heterocycles. The van der Waals surface area contributed by atoms with Crippen molar-refractivity contribution in [2.45, 2.75) is 0 Å². The van der Waals surface area contributed by atoms with Gasteiger partial charge in [0.05, 0.1) is 26.3 Å². The molecule has 0 fully saturated rings. The first-order valence-corrected chi connectivity index (χ1v) is 6.36. The Balaban J connectivity index is 2.30. The monoisotopic (exact) mass is 315 g/mol. The summed E-state index contributed by atoms with van der Waals surface area (Å²) in [5.41, 5.74) is 0.467. The maximum absolute atomic E-state index is 12.0. The SMILES string of the molecule is O=C(Nc1cc(Cl)c(Cl)cc1Cl)c1ccccc1O. The highest BCUT2D eigenvalue weighted by Crippen LogP contribution is 2.32. The summed E-state index contributed by atoms with van der Waals surface area (Å²) in [6, 6.07) is 9.07. The van der Waals surface area contributed by atoms with E-state index in [1.165, 1.54) is 24.3 Å². The molecular weight excluding hydrogens is 309 g/mol. The lowest BCUT2D eigenvalue weighted by Gasteiger charge is -2.09. The number of carbonyl (C=O) groups is 1. The molecule has 0 atom stereocenters. The van der Waals surface area contributed by atoms with E-state index in [9.17, 15) is 9.90 Å². The van der Waals surface area contributed by atoms with Crippen LogP contribution in [0.15, 0.2) is 36.4 Å². The number of phenolic OH excluding ortho intramolecular Hbond substituents is 1. The van der Waals surface area contributed by atoms with E-state index in [0.29, 0.717) is 10.7 Å². The molecule has 2 rings (SSSR count). The predicted octanol–water partition coefficient (Wildman–Crippen LogP) is 4.60. The van der Waals surface area contributed by atoms with Gasteiger partial charge in [-0.25, -0.2) is 0 Å². The highest BCUT2D eigenvalue weighted by Gasteiger charge is 2.13. The van der Waals surface area contributed by atoms with Crippen molar-refractivity contribution in [2.75, 3.05) is 5.32 Å². The fraction of sp³-hybridized carbons (Fsp3) is 0. The number of phenols is 1. The Labute approximate surface area is 124 Å². The number of amides is 1. The quantitative estimate of drug-likeness (QED) is 0.795. The molecule has 19 heavy (non-hydrogen) atoms. The Kier molecular flexibility index (Phi) is 4.20. The van der Waals surface area contributed by atoms with Crippen molar-refractivity contribution in [3.8, 4) is 5.75 Å². The fourth-order valence-electron chi connectivity index (χ4n) is 1.47. The summed E-state index contributed by atoms with van der Waals surface area (Å²) >= 11 is 17.6. The molecule has 2 N–H and O–H groups in total. The van der Waals surface area contributed by atoms with E-state index in [2.05, 4.69) is 5.32 Å². The second-order valence-electron chi connectivity index (χ2n) is 3.72. The molecular formula is C13H8Cl3NO2. The molecule has 2 aromatic rings. The molecule has 0 saturated carbocycles. The molecule has 1 amide bonds. The number of aromatic hydroxyl groups is 1. The zero-order chi connectivity index (χ0) is 14.0. The highest BCUT2D eigenvalue weighted by molar-refractivity contribution is 6.44. The molecule has 0 saturated heterocycles. The molecule has 0 radical (unpaired) electrons. The Morgan fingerprint density at radius 3 is 2.32 bits per heavy atom.